The Balaban J connectivity index is 0. The number of carboxylic acids is 1. The lowest BCUT2D eigenvalue weighted by Crippen LogP contribution is -2.09. The number of carboxylic acid groups (broad SMARTS) is 1. The summed E-state index contributed by atoms with van der Waals surface area (Å²) in [5, 5.41) is 34.1. The number of rotatable bonds is 11. The molecule has 0 aliphatic carbocycles. The monoisotopic (exact) mass is 828 g/mol. The molecule has 0 amide bonds. The van der Waals surface area contributed by atoms with E-state index in [2.05, 4.69) is 59.5 Å². The van der Waals surface area contributed by atoms with Gasteiger partial charge in [-0.2, -0.15) is 0 Å². The van der Waals surface area contributed by atoms with Gasteiger partial charge in [-0.05, 0) is 45.0 Å². The first kappa shape index (κ1) is 51.5. The van der Waals surface area contributed by atoms with Crippen LogP contribution in [0.5, 0.6) is 0 Å². The predicted octanol–water partition coefficient (Wildman–Crippen LogP) is 5.37. The van der Waals surface area contributed by atoms with Gasteiger partial charge in [0.1, 0.15) is 45.4 Å². The van der Waals surface area contributed by atoms with E-state index < -0.39 is 17.9 Å². The van der Waals surface area contributed by atoms with Gasteiger partial charge in [0.15, 0.2) is 22.2 Å². The molecule has 0 atom stereocenters. The Kier molecular flexibility index (Phi) is 30.4. The third-order valence-electron chi connectivity index (χ3n) is 5.28. The van der Waals surface area contributed by atoms with Crippen molar-refractivity contribution in [2.24, 2.45) is 0 Å². The van der Waals surface area contributed by atoms with E-state index in [0.717, 1.165) is 19.1 Å². The Hall–Kier alpha value is -4.63. The van der Waals surface area contributed by atoms with Crippen molar-refractivity contribution in [2.75, 3.05) is 33.0 Å². The molecule has 0 saturated heterocycles. The van der Waals surface area contributed by atoms with Crippen molar-refractivity contribution in [1.29, 1.82) is 0 Å². The number of ether oxygens (including phenoxy) is 2. The second kappa shape index (κ2) is 31.9. The summed E-state index contributed by atoms with van der Waals surface area (Å²) < 4.78 is 9.50. The summed E-state index contributed by atoms with van der Waals surface area (Å²) in [5.41, 5.74) is 0.214. The van der Waals surface area contributed by atoms with Gasteiger partial charge >= 0.3 is 17.9 Å². The van der Waals surface area contributed by atoms with Crippen LogP contribution < -0.4 is 0 Å². The maximum absolute atomic E-state index is 11.5. The topological polar surface area (TPSA) is 228 Å². The number of hydrogen-bond donors (Lipinski definition) is 4. The number of aromatic carboxylic acids is 1. The van der Waals surface area contributed by atoms with Crippen molar-refractivity contribution in [1.82, 2.24) is 29.9 Å². The minimum absolute atomic E-state index is 0. The number of hydrogen-bond acceptors (Lipinski definition) is 14. The summed E-state index contributed by atoms with van der Waals surface area (Å²) in [6.07, 6.45) is 11.9. The zero-order valence-corrected chi connectivity index (χ0v) is 31.6. The second-order valence-corrected chi connectivity index (χ2v) is 10.6. The molecule has 0 spiro atoms. The van der Waals surface area contributed by atoms with Gasteiger partial charge in [-0.1, -0.05) is 65.7 Å². The van der Waals surface area contributed by atoms with Crippen LogP contribution in [0.4, 0.5) is 0 Å². The van der Waals surface area contributed by atoms with E-state index in [4.69, 9.17) is 82.7 Å². The van der Waals surface area contributed by atoms with Crippen molar-refractivity contribution in [3.63, 3.8) is 0 Å². The van der Waals surface area contributed by atoms with Crippen LogP contribution in [0.3, 0.4) is 0 Å². The zero-order chi connectivity index (χ0) is 40.0. The Morgan fingerprint density at radius 3 is 1.43 bits per heavy atom. The molecule has 0 saturated carbocycles. The van der Waals surface area contributed by atoms with Crippen LogP contribution in [-0.2, 0) is 9.47 Å². The summed E-state index contributed by atoms with van der Waals surface area (Å²) in [7, 11) is 0. The largest absolute Gasteiger partial charge is 0.476 e. The Morgan fingerprint density at radius 1 is 0.648 bits per heavy atom. The number of carbonyl (C=O) groups is 3. The van der Waals surface area contributed by atoms with Gasteiger partial charge in [-0.15, -0.1) is 12.3 Å². The number of esters is 2. The van der Waals surface area contributed by atoms with Crippen molar-refractivity contribution in [3.8, 4) is 36.0 Å². The fraction of sp³-hybridized carbons (Fsp3) is 0.400. The van der Waals surface area contributed by atoms with E-state index in [1.807, 2.05) is 0 Å². The number of halogens is 4. The highest BCUT2D eigenvalue weighted by Crippen LogP contribution is 2.22. The van der Waals surface area contributed by atoms with Crippen molar-refractivity contribution < 1.29 is 44.3 Å². The summed E-state index contributed by atoms with van der Waals surface area (Å²) in [5.74, 6) is 10.9. The van der Waals surface area contributed by atoms with E-state index in [9.17, 15) is 14.4 Å². The van der Waals surface area contributed by atoms with Gasteiger partial charge in [0.25, 0.3) is 0 Å². The second-order valence-electron chi connectivity index (χ2n) is 9.13. The minimum Gasteiger partial charge on any atom is -0.476 e. The number of carbonyl (C=O) groups excluding carboxylic acids is 2. The Morgan fingerprint density at radius 2 is 1.04 bits per heavy atom. The normalized spacial score (nSPS) is 9.11. The molecule has 54 heavy (non-hydrogen) atoms. The SMILES string of the molecule is C.C#CCCCO.CCOC(=O)c1ncnc(C#CCCCO)c1Cl.CCOC(=O)c1ncnc(Cl)c1Cl.O=C(O)c1ncnc(C#CCCCO)c1Cl. The molecule has 0 aliphatic heterocycles. The molecule has 0 aromatic carbocycles. The minimum atomic E-state index is -1.22. The van der Waals surface area contributed by atoms with Crippen molar-refractivity contribution in [3.05, 3.63) is 67.7 Å². The van der Waals surface area contributed by atoms with E-state index in [0.29, 0.717) is 32.1 Å². The lowest BCUT2D eigenvalue weighted by molar-refractivity contribution is 0.0510. The molecular formula is C35H40Cl4N6O9. The van der Waals surface area contributed by atoms with Gasteiger partial charge in [-0.3, -0.25) is 0 Å². The van der Waals surface area contributed by atoms with Gasteiger partial charge in [0, 0.05) is 39.1 Å². The average molecular weight is 831 g/mol. The van der Waals surface area contributed by atoms with Crippen molar-refractivity contribution in [2.45, 2.75) is 59.8 Å². The Labute approximate surface area is 333 Å². The molecule has 292 valence electrons. The van der Waals surface area contributed by atoms with E-state index in [1.54, 1.807) is 13.8 Å². The maximum Gasteiger partial charge on any atom is 0.358 e. The Bertz CT molecular complexity index is 1790. The highest BCUT2D eigenvalue weighted by molar-refractivity contribution is 6.42. The number of aliphatic hydroxyl groups excluding tert-OH is 3. The average Bonchev–Trinajstić information content (AvgIpc) is 3.14. The van der Waals surface area contributed by atoms with Gasteiger partial charge < -0.3 is 29.9 Å². The molecule has 0 bridgehead atoms. The molecular weight excluding hydrogens is 790 g/mol. The van der Waals surface area contributed by atoms with Crippen LogP contribution in [-0.4, -0.2) is 101 Å². The first-order valence-electron chi connectivity index (χ1n) is 15.4. The van der Waals surface area contributed by atoms with Crippen LogP contribution >= 0.6 is 46.4 Å². The van der Waals surface area contributed by atoms with E-state index in [1.165, 1.54) is 6.33 Å². The number of unbranched alkanes of at least 4 members (excludes halogenated alkanes) is 3. The molecule has 15 nitrogen and oxygen atoms in total. The van der Waals surface area contributed by atoms with Crippen LogP contribution in [0.2, 0.25) is 20.2 Å². The third kappa shape index (κ3) is 20.6. The molecule has 0 aliphatic rings. The van der Waals surface area contributed by atoms with Crippen LogP contribution in [0, 0.1) is 36.0 Å². The molecule has 0 fully saturated rings. The molecule has 3 aromatic rings. The molecule has 3 heterocycles. The molecule has 19 heteroatoms. The van der Waals surface area contributed by atoms with Crippen LogP contribution in [0.25, 0.3) is 0 Å². The van der Waals surface area contributed by atoms with E-state index in [-0.39, 0.29) is 89.2 Å². The summed E-state index contributed by atoms with van der Waals surface area (Å²) in [6.45, 7) is 4.25. The van der Waals surface area contributed by atoms with Crippen LogP contribution in [0.15, 0.2) is 19.0 Å². The van der Waals surface area contributed by atoms with E-state index >= 15 is 0 Å². The molecule has 0 radical (unpaired) electrons. The van der Waals surface area contributed by atoms with Gasteiger partial charge in [-0.25, -0.2) is 44.3 Å². The van der Waals surface area contributed by atoms with Gasteiger partial charge in [0.2, 0.25) is 0 Å². The fourth-order valence-electron chi connectivity index (χ4n) is 2.90. The number of aromatic nitrogens is 6. The standard InChI is InChI=1S/C12H13ClN2O3.C10H9ClN2O3.C7H6Cl2N2O2.C5H8O.CH4/c1-2-18-12(17)11-10(13)9(14-8-15-11)6-4-3-5-7-16;11-8-7(4-2-1-3-5-14)12-6-13-9(8)10(15)16;1-2-13-7(12)5-4(8)6(9)11-3-10-5;1-2-3-4-5-6;/h8,16H,2-3,5,7H2,1H3;6,14H,1,3,5H2,(H,15,16);3H,2H2,1H3;1,6H,3-5H2;1H4. The fourth-order valence-corrected chi connectivity index (χ4v) is 3.66. The maximum atomic E-state index is 11.5. The summed E-state index contributed by atoms with van der Waals surface area (Å²) >= 11 is 23.0. The third-order valence-corrected chi connectivity index (χ3v) is 6.74. The van der Waals surface area contributed by atoms with Crippen LogP contribution in [0.1, 0.15) is 103 Å². The summed E-state index contributed by atoms with van der Waals surface area (Å²) in [6, 6.07) is 0. The number of aliphatic hydroxyl groups is 3. The van der Waals surface area contributed by atoms with Crippen molar-refractivity contribution >= 4 is 64.3 Å². The highest BCUT2D eigenvalue weighted by Gasteiger charge is 2.17. The molecule has 3 aromatic heterocycles. The first-order valence-corrected chi connectivity index (χ1v) is 16.9. The van der Waals surface area contributed by atoms with Gasteiger partial charge in [0.05, 0.1) is 13.2 Å². The lowest BCUT2D eigenvalue weighted by Gasteiger charge is -2.03. The quantitative estimate of drug-likeness (QED) is 0.0824. The summed E-state index contributed by atoms with van der Waals surface area (Å²) in [4.78, 5) is 55.6. The highest BCUT2D eigenvalue weighted by atomic mass is 35.5. The predicted molar refractivity (Wildman–Crippen MR) is 203 cm³/mol. The first-order chi connectivity index (χ1) is 25.4. The number of terminal acetylenes is 1. The molecule has 0 unspecified atom stereocenters. The number of nitrogens with zero attached hydrogens (tertiary/aromatic N) is 6. The smallest absolute Gasteiger partial charge is 0.358 e. The zero-order valence-electron chi connectivity index (χ0n) is 28.6. The lowest BCUT2D eigenvalue weighted by atomic mass is 10.3. The molecule has 3 rings (SSSR count). The molecule has 4 N–H and O–H groups in total.